The SMILES string of the molecule is COCCCN1CCOc2ccc(CO[C@H]3CC[C@H](CC(=O)CCc4ccccc4)C[C@@H]3c3ccc(OC)cc3)cc21. The summed E-state index contributed by atoms with van der Waals surface area (Å²) in [6.07, 6.45) is 6.07. The fourth-order valence-electron chi connectivity index (χ4n) is 6.41. The number of nitrogens with zero attached hydrogens (tertiary/aromatic N) is 1. The maximum absolute atomic E-state index is 13.0. The van der Waals surface area contributed by atoms with Gasteiger partial charge in [0, 0.05) is 39.0 Å². The summed E-state index contributed by atoms with van der Waals surface area (Å²) >= 11 is 0. The second kappa shape index (κ2) is 15.2. The molecule has 0 saturated heterocycles. The predicted octanol–water partition coefficient (Wildman–Crippen LogP) is 6.99. The lowest BCUT2D eigenvalue weighted by Crippen LogP contribution is -2.34. The number of aryl methyl sites for hydroxylation is 1. The van der Waals surface area contributed by atoms with Gasteiger partial charge < -0.3 is 23.8 Å². The second-order valence-electron chi connectivity index (χ2n) is 11.6. The van der Waals surface area contributed by atoms with Crippen LogP contribution < -0.4 is 14.4 Å². The van der Waals surface area contributed by atoms with Crippen molar-refractivity contribution >= 4 is 11.5 Å². The van der Waals surface area contributed by atoms with Gasteiger partial charge in [-0.2, -0.15) is 0 Å². The van der Waals surface area contributed by atoms with Gasteiger partial charge in [0.1, 0.15) is 23.9 Å². The standard InChI is InChI=1S/C36H45NO5/c1-39-21-6-19-37-20-22-41-36-18-11-29(25-34(36)37)26-42-35-17-10-28(23-31(38)14-9-27-7-4-3-5-8-27)24-33(35)30-12-15-32(40-2)16-13-30/h3-5,7-8,11-13,15-16,18,25,28,33,35H,6,9-10,14,17,19-24,26H2,1-2H3/t28-,33-,35+/m1/s1. The molecule has 3 aromatic carbocycles. The van der Waals surface area contributed by atoms with Gasteiger partial charge in [-0.15, -0.1) is 0 Å². The molecule has 6 heteroatoms. The fraction of sp³-hybridized carbons (Fsp3) is 0.472. The first kappa shape index (κ1) is 30.1. The van der Waals surface area contributed by atoms with E-state index in [1.165, 1.54) is 11.1 Å². The summed E-state index contributed by atoms with van der Waals surface area (Å²) in [4.78, 5) is 15.4. The predicted molar refractivity (Wildman–Crippen MR) is 167 cm³/mol. The Morgan fingerprint density at radius 3 is 2.60 bits per heavy atom. The summed E-state index contributed by atoms with van der Waals surface area (Å²) in [6.45, 7) is 3.84. The molecule has 0 aromatic heterocycles. The van der Waals surface area contributed by atoms with Gasteiger partial charge in [-0.1, -0.05) is 48.5 Å². The monoisotopic (exact) mass is 571 g/mol. The number of hydrogen-bond acceptors (Lipinski definition) is 6. The molecule has 1 aliphatic carbocycles. The molecule has 0 bridgehead atoms. The molecule has 224 valence electrons. The normalized spacial score (nSPS) is 20.0. The molecule has 1 saturated carbocycles. The van der Waals surface area contributed by atoms with Crippen molar-refractivity contribution in [3.63, 3.8) is 0 Å². The minimum Gasteiger partial charge on any atom is -0.497 e. The Hall–Kier alpha value is -3.35. The van der Waals surface area contributed by atoms with Crippen LogP contribution in [-0.2, 0) is 27.3 Å². The molecular weight excluding hydrogens is 526 g/mol. The van der Waals surface area contributed by atoms with Gasteiger partial charge in [-0.3, -0.25) is 4.79 Å². The van der Waals surface area contributed by atoms with E-state index >= 15 is 0 Å². The van der Waals surface area contributed by atoms with Crippen molar-refractivity contribution in [2.24, 2.45) is 5.92 Å². The van der Waals surface area contributed by atoms with Gasteiger partial charge in [-0.25, -0.2) is 0 Å². The number of fused-ring (bicyclic) bond motifs is 1. The van der Waals surface area contributed by atoms with Crippen LogP contribution in [0.3, 0.4) is 0 Å². The van der Waals surface area contributed by atoms with Crippen molar-refractivity contribution in [1.82, 2.24) is 0 Å². The molecule has 1 aliphatic heterocycles. The highest BCUT2D eigenvalue weighted by Crippen LogP contribution is 2.41. The maximum Gasteiger partial charge on any atom is 0.142 e. The van der Waals surface area contributed by atoms with E-state index in [1.807, 2.05) is 30.3 Å². The largest absolute Gasteiger partial charge is 0.497 e. The minimum absolute atomic E-state index is 0.0964. The summed E-state index contributed by atoms with van der Waals surface area (Å²) < 4.78 is 23.3. The van der Waals surface area contributed by atoms with Gasteiger partial charge >= 0.3 is 0 Å². The summed E-state index contributed by atoms with van der Waals surface area (Å²) in [7, 11) is 3.44. The number of ketones is 1. The van der Waals surface area contributed by atoms with Crippen LogP contribution in [0.1, 0.15) is 61.1 Å². The van der Waals surface area contributed by atoms with Crippen molar-refractivity contribution in [1.29, 1.82) is 0 Å². The summed E-state index contributed by atoms with van der Waals surface area (Å²) in [5.41, 5.74) is 4.78. The van der Waals surface area contributed by atoms with Crippen molar-refractivity contribution in [3.05, 3.63) is 89.5 Å². The first-order chi connectivity index (χ1) is 20.6. The Morgan fingerprint density at radius 1 is 0.976 bits per heavy atom. The first-order valence-electron chi connectivity index (χ1n) is 15.4. The molecule has 5 rings (SSSR count). The number of hydrogen-bond donors (Lipinski definition) is 0. The quantitative estimate of drug-likeness (QED) is 0.194. The van der Waals surface area contributed by atoms with Crippen LogP contribution in [0.2, 0.25) is 0 Å². The van der Waals surface area contributed by atoms with Crippen LogP contribution in [0.5, 0.6) is 11.5 Å². The van der Waals surface area contributed by atoms with E-state index in [1.54, 1.807) is 14.2 Å². The van der Waals surface area contributed by atoms with Crippen molar-refractivity contribution < 1.29 is 23.7 Å². The van der Waals surface area contributed by atoms with Crippen LogP contribution in [0, 0.1) is 5.92 Å². The molecule has 0 spiro atoms. The number of anilines is 1. The third-order valence-corrected chi connectivity index (χ3v) is 8.71. The lowest BCUT2D eigenvalue weighted by atomic mass is 9.74. The highest BCUT2D eigenvalue weighted by atomic mass is 16.5. The topological polar surface area (TPSA) is 57.2 Å². The van der Waals surface area contributed by atoms with E-state index in [0.717, 1.165) is 74.6 Å². The Bertz CT molecular complexity index is 1260. The summed E-state index contributed by atoms with van der Waals surface area (Å²) in [6, 6.07) is 25.1. The molecule has 0 radical (unpaired) electrons. The average molecular weight is 572 g/mol. The van der Waals surface area contributed by atoms with Crippen LogP contribution in [0.4, 0.5) is 5.69 Å². The number of benzene rings is 3. The smallest absolute Gasteiger partial charge is 0.142 e. The number of ether oxygens (including phenoxy) is 4. The van der Waals surface area contributed by atoms with Crippen molar-refractivity contribution in [3.8, 4) is 11.5 Å². The van der Waals surface area contributed by atoms with Crippen molar-refractivity contribution in [2.45, 2.75) is 63.6 Å². The first-order valence-corrected chi connectivity index (χ1v) is 15.4. The van der Waals surface area contributed by atoms with Gasteiger partial charge in [0.2, 0.25) is 0 Å². The lowest BCUT2D eigenvalue weighted by Gasteiger charge is -2.36. The van der Waals surface area contributed by atoms with E-state index in [4.69, 9.17) is 18.9 Å². The number of carbonyl (C=O) groups is 1. The Kier molecular flexibility index (Phi) is 10.9. The fourth-order valence-corrected chi connectivity index (χ4v) is 6.41. The Labute approximate surface area is 250 Å². The number of Topliss-reactive ketones (excluding diaryl/α,β-unsaturated/α-hetero) is 1. The van der Waals surface area contributed by atoms with E-state index in [-0.39, 0.29) is 12.0 Å². The van der Waals surface area contributed by atoms with Gasteiger partial charge in [0.05, 0.1) is 32.1 Å². The van der Waals surface area contributed by atoms with Crippen LogP contribution in [0.15, 0.2) is 72.8 Å². The number of methoxy groups -OCH3 is 2. The van der Waals surface area contributed by atoms with Crippen molar-refractivity contribution in [2.75, 3.05) is 45.4 Å². The summed E-state index contributed by atoms with van der Waals surface area (Å²) in [5.74, 6) is 2.77. The van der Waals surface area contributed by atoms with Crippen LogP contribution in [-0.4, -0.2) is 52.4 Å². The molecule has 3 aromatic rings. The second-order valence-corrected chi connectivity index (χ2v) is 11.6. The highest BCUT2D eigenvalue weighted by Gasteiger charge is 2.33. The van der Waals surface area contributed by atoms with Crippen LogP contribution >= 0.6 is 0 Å². The Morgan fingerprint density at radius 2 is 1.81 bits per heavy atom. The van der Waals surface area contributed by atoms with E-state index < -0.39 is 0 Å². The molecule has 1 heterocycles. The molecular formula is C36H45NO5. The average Bonchev–Trinajstić information content (AvgIpc) is 3.04. The molecule has 3 atom stereocenters. The molecule has 6 nitrogen and oxygen atoms in total. The van der Waals surface area contributed by atoms with E-state index in [9.17, 15) is 4.79 Å². The lowest BCUT2D eigenvalue weighted by molar-refractivity contribution is -0.120. The molecule has 1 fully saturated rings. The number of rotatable bonds is 14. The third-order valence-electron chi connectivity index (χ3n) is 8.71. The zero-order valence-corrected chi connectivity index (χ0v) is 25.1. The van der Waals surface area contributed by atoms with Gasteiger partial charge in [0.15, 0.2) is 0 Å². The highest BCUT2D eigenvalue weighted by molar-refractivity contribution is 5.78. The molecule has 0 amide bonds. The van der Waals surface area contributed by atoms with Crippen LogP contribution in [0.25, 0.3) is 0 Å². The third kappa shape index (κ3) is 8.14. The zero-order valence-electron chi connectivity index (χ0n) is 25.1. The molecule has 0 N–H and O–H groups in total. The maximum atomic E-state index is 13.0. The molecule has 42 heavy (non-hydrogen) atoms. The Balaban J connectivity index is 1.23. The summed E-state index contributed by atoms with van der Waals surface area (Å²) in [5, 5.41) is 0. The zero-order chi connectivity index (χ0) is 29.1. The molecule has 2 aliphatic rings. The minimum atomic E-state index is 0.0964. The molecule has 0 unspecified atom stereocenters. The van der Waals surface area contributed by atoms with Gasteiger partial charge in [-0.05, 0) is 79.0 Å². The van der Waals surface area contributed by atoms with E-state index in [0.29, 0.717) is 37.8 Å². The van der Waals surface area contributed by atoms with E-state index in [2.05, 4.69) is 47.4 Å². The number of carbonyl (C=O) groups excluding carboxylic acids is 1. The van der Waals surface area contributed by atoms with Gasteiger partial charge in [0.25, 0.3) is 0 Å².